The van der Waals surface area contributed by atoms with Crippen molar-refractivity contribution in [3.8, 4) is 45.9 Å². The van der Waals surface area contributed by atoms with Crippen molar-refractivity contribution in [2.24, 2.45) is 0 Å². The lowest BCUT2D eigenvalue weighted by Gasteiger charge is -2.14. The van der Waals surface area contributed by atoms with Gasteiger partial charge in [0.2, 0.25) is 11.8 Å². The first-order valence-corrected chi connectivity index (χ1v) is 20.7. The molecule has 8 aromatic carbocycles. The zero-order valence-electron chi connectivity index (χ0n) is 31.8. The number of fused-ring (bicyclic) bond motifs is 11. The van der Waals surface area contributed by atoms with Crippen molar-refractivity contribution in [2.75, 3.05) is 0 Å². The van der Waals surface area contributed by atoms with Gasteiger partial charge in [-0.2, -0.15) is 9.97 Å². The van der Waals surface area contributed by atoms with Gasteiger partial charge in [0.25, 0.3) is 0 Å². The van der Waals surface area contributed by atoms with Crippen LogP contribution in [0, 0.1) is 0 Å². The number of benzene rings is 8. The van der Waals surface area contributed by atoms with Crippen LogP contribution in [0.3, 0.4) is 0 Å². The summed E-state index contributed by atoms with van der Waals surface area (Å²) in [5.41, 5.74) is 9.52. The van der Waals surface area contributed by atoms with Crippen LogP contribution in [0.15, 0.2) is 186 Å². The molecule has 0 aliphatic carbocycles. The monoisotopic (exact) mass is 786 g/mol. The van der Waals surface area contributed by atoms with Crippen molar-refractivity contribution in [3.63, 3.8) is 0 Å². The standard InChI is InChI=1S/C52H30N6OS/c1-2-14-31(15-3-1)49-54-50(39-21-13-27-45-46(39)38-20-6-11-26-44(38)60-45)56-52(55-49)58-42-24-9-5-19-35(42)37-29-28-36-34-18-4-8-23-41(34)57(47(36)48(37)58)33-17-12-16-32(30-33)51-53-40-22-7-10-25-43(40)59-51/h1-30H. The molecule has 0 bridgehead atoms. The fraction of sp³-hybridized carbons (Fsp3) is 0. The molecule has 0 unspecified atom stereocenters. The van der Waals surface area contributed by atoms with E-state index in [1.54, 1.807) is 11.3 Å². The number of nitrogens with zero attached hydrogens (tertiary/aromatic N) is 6. The molecule has 0 saturated carbocycles. The molecule has 13 aromatic rings. The van der Waals surface area contributed by atoms with Crippen LogP contribution in [0.4, 0.5) is 0 Å². The highest BCUT2D eigenvalue weighted by molar-refractivity contribution is 7.25. The van der Waals surface area contributed by atoms with Gasteiger partial charge >= 0.3 is 0 Å². The summed E-state index contributed by atoms with van der Waals surface area (Å²) in [4.78, 5) is 20.9. The Bertz CT molecular complexity index is 3820. The first-order chi connectivity index (χ1) is 29.7. The van der Waals surface area contributed by atoms with E-state index < -0.39 is 0 Å². The highest BCUT2D eigenvalue weighted by Crippen LogP contribution is 2.43. The summed E-state index contributed by atoms with van der Waals surface area (Å²) in [7, 11) is 0. The van der Waals surface area contributed by atoms with Gasteiger partial charge in [0, 0.05) is 64.1 Å². The number of hydrogen-bond donors (Lipinski definition) is 0. The summed E-state index contributed by atoms with van der Waals surface area (Å²) in [6, 6.07) is 63.3. The van der Waals surface area contributed by atoms with Gasteiger partial charge in [-0.25, -0.2) is 9.97 Å². The average molecular weight is 787 g/mol. The van der Waals surface area contributed by atoms with E-state index in [0.717, 1.165) is 82.5 Å². The number of oxazole rings is 1. The van der Waals surface area contributed by atoms with Crippen LogP contribution in [0.25, 0.3) is 121 Å². The summed E-state index contributed by atoms with van der Waals surface area (Å²) >= 11 is 1.79. The molecule has 60 heavy (non-hydrogen) atoms. The third-order valence-electron chi connectivity index (χ3n) is 11.6. The smallest absolute Gasteiger partial charge is 0.238 e. The Balaban J connectivity index is 1.14. The molecule has 8 heteroatoms. The number of aromatic nitrogens is 6. The molecule has 0 aliphatic heterocycles. The SMILES string of the molecule is c1ccc(-c2nc(-c3cccc4sc5ccccc5c34)nc(-n3c4ccccc4c4ccc5c6ccccc6n(-c6cccc(-c7nc8ccccc8o7)c6)c5c43)n2)cc1. The minimum absolute atomic E-state index is 0.547. The summed E-state index contributed by atoms with van der Waals surface area (Å²) in [5, 5.41) is 6.83. The van der Waals surface area contributed by atoms with Crippen LogP contribution in [0.2, 0.25) is 0 Å². The van der Waals surface area contributed by atoms with E-state index in [9.17, 15) is 0 Å². The largest absolute Gasteiger partial charge is 0.436 e. The third-order valence-corrected chi connectivity index (χ3v) is 12.7. The molecular weight excluding hydrogens is 757 g/mol. The number of thiophene rings is 1. The second-order valence-corrected chi connectivity index (χ2v) is 16.1. The second-order valence-electron chi connectivity index (χ2n) is 15.0. The maximum atomic E-state index is 6.28. The van der Waals surface area contributed by atoms with Crippen molar-refractivity contribution >= 4 is 86.2 Å². The van der Waals surface area contributed by atoms with Gasteiger partial charge in [-0.15, -0.1) is 11.3 Å². The van der Waals surface area contributed by atoms with Gasteiger partial charge in [-0.1, -0.05) is 127 Å². The predicted octanol–water partition coefficient (Wildman–Crippen LogP) is 13.6. The Morgan fingerprint density at radius 2 is 1.07 bits per heavy atom. The summed E-state index contributed by atoms with van der Waals surface area (Å²) < 4.78 is 13.3. The Morgan fingerprint density at radius 1 is 0.433 bits per heavy atom. The van der Waals surface area contributed by atoms with Crippen LogP contribution in [0.5, 0.6) is 0 Å². The van der Waals surface area contributed by atoms with Gasteiger partial charge in [0.1, 0.15) is 5.52 Å². The number of hydrogen-bond acceptors (Lipinski definition) is 6. The molecule has 0 aliphatic rings. The van der Waals surface area contributed by atoms with Crippen molar-refractivity contribution in [3.05, 3.63) is 182 Å². The molecule has 0 fully saturated rings. The average Bonchev–Trinajstić information content (AvgIpc) is 4.08. The van der Waals surface area contributed by atoms with Gasteiger partial charge in [-0.05, 0) is 54.6 Å². The molecule has 7 nitrogen and oxygen atoms in total. The molecule has 0 amide bonds. The molecule has 280 valence electrons. The van der Waals surface area contributed by atoms with Gasteiger partial charge < -0.3 is 8.98 Å². The molecule has 5 aromatic heterocycles. The van der Waals surface area contributed by atoms with Crippen molar-refractivity contribution in [1.82, 2.24) is 29.1 Å². The van der Waals surface area contributed by atoms with Crippen molar-refractivity contribution < 1.29 is 4.42 Å². The predicted molar refractivity (Wildman–Crippen MR) is 245 cm³/mol. The molecule has 13 rings (SSSR count). The number of rotatable bonds is 5. The topological polar surface area (TPSA) is 74.6 Å². The Hall–Kier alpha value is -7.94. The lowest BCUT2D eigenvalue weighted by molar-refractivity contribution is 0.620. The van der Waals surface area contributed by atoms with Crippen LogP contribution >= 0.6 is 11.3 Å². The van der Waals surface area contributed by atoms with Crippen LogP contribution < -0.4 is 0 Å². The van der Waals surface area contributed by atoms with Crippen molar-refractivity contribution in [2.45, 2.75) is 0 Å². The summed E-state index contributed by atoms with van der Waals surface area (Å²) in [6.07, 6.45) is 0. The van der Waals surface area contributed by atoms with E-state index >= 15 is 0 Å². The lowest BCUT2D eigenvalue weighted by atomic mass is 10.1. The second kappa shape index (κ2) is 12.8. The van der Waals surface area contributed by atoms with E-state index in [-0.39, 0.29) is 0 Å². The normalized spacial score (nSPS) is 12.0. The Kier molecular flexibility index (Phi) is 7.05. The molecular formula is C52H30N6OS. The molecule has 0 atom stereocenters. The van der Waals surface area contributed by atoms with Gasteiger partial charge in [-0.3, -0.25) is 4.57 Å². The number of para-hydroxylation sites is 4. The van der Waals surface area contributed by atoms with Crippen LogP contribution in [-0.4, -0.2) is 29.1 Å². The highest BCUT2D eigenvalue weighted by atomic mass is 32.1. The van der Waals surface area contributed by atoms with E-state index in [2.05, 4.69) is 149 Å². The zero-order chi connectivity index (χ0) is 39.3. The van der Waals surface area contributed by atoms with Crippen LogP contribution in [0.1, 0.15) is 0 Å². The Morgan fingerprint density at radius 3 is 1.88 bits per heavy atom. The zero-order valence-corrected chi connectivity index (χ0v) is 32.6. The van der Waals surface area contributed by atoms with E-state index in [0.29, 0.717) is 23.5 Å². The quantitative estimate of drug-likeness (QED) is 0.174. The molecule has 0 radical (unpaired) electrons. The fourth-order valence-corrected chi connectivity index (χ4v) is 10.1. The maximum Gasteiger partial charge on any atom is 0.238 e. The maximum absolute atomic E-state index is 6.28. The van der Waals surface area contributed by atoms with E-state index in [4.69, 9.17) is 24.4 Å². The van der Waals surface area contributed by atoms with E-state index in [1.165, 1.54) is 14.8 Å². The highest BCUT2D eigenvalue weighted by Gasteiger charge is 2.24. The van der Waals surface area contributed by atoms with Gasteiger partial charge in [0.15, 0.2) is 17.2 Å². The minimum atomic E-state index is 0.547. The summed E-state index contributed by atoms with van der Waals surface area (Å²) in [6.45, 7) is 0. The molecule has 5 heterocycles. The fourth-order valence-electron chi connectivity index (χ4n) is 9.01. The Labute approximate surface area is 346 Å². The lowest BCUT2D eigenvalue weighted by Crippen LogP contribution is -2.07. The first-order valence-electron chi connectivity index (χ1n) is 19.9. The third kappa shape index (κ3) is 4.88. The summed E-state index contributed by atoms with van der Waals surface area (Å²) in [5.74, 6) is 2.36. The van der Waals surface area contributed by atoms with Crippen LogP contribution in [-0.2, 0) is 0 Å². The minimum Gasteiger partial charge on any atom is -0.436 e. The van der Waals surface area contributed by atoms with Crippen molar-refractivity contribution in [1.29, 1.82) is 0 Å². The van der Waals surface area contributed by atoms with Gasteiger partial charge in [0.05, 0.1) is 22.1 Å². The molecule has 0 N–H and O–H groups in total. The molecule has 0 spiro atoms. The van der Waals surface area contributed by atoms with E-state index in [1.807, 2.05) is 42.5 Å². The molecule has 0 saturated heterocycles. The first kappa shape index (κ1) is 33.1.